The summed E-state index contributed by atoms with van der Waals surface area (Å²) in [7, 11) is 0. The molecule has 0 aromatic heterocycles. The first kappa shape index (κ1) is 16.9. The molecule has 0 saturated heterocycles. The number of rotatable bonds is 5. The minimum Gasteiger partial charge on any atom is -0.318 e. The predicted molar refractivity (Wildman–Crippen MR) is 85.1 cm³/mol. The minimum atomic E-state index is -0.764. The van der Waals surface area contributed by atoms with Crippen LogP contribution in [0.25, 0.3) is 0 Å². The summed E-state index contributed by atoms with van der Waals surface area (Å²) in [5.74, 6) is -0.908. The smallest absolute Gasteiger partial charge is 0.318 e. The maximum Gasteiger partial charge on any atom is 0.329 e. The van der Waals surface area contributed by atoms with E-state index in [0.29, 0.717) is 11.6 Å². The lowest BCUT2D eigenvalue weighted by Crippen LogP contribution is -2.32. The van der Waals surface area contributed by atoms with E-state index in [4.69, 9.17) is 0 Å². The summed E-state index contributed by atoms with van der Waals surface area (Å²) in [5.41, 5.74) is 4.75. The van der Waals surface area contributed by atoms with E-state index < -0.39 is 11.8 Å². The average Bonchev–Trinajstić information content (AvgIpc) is 2.44. The van der Waals surface area contributed by atoms with Crippen LogP contribution in [0.1, 0.15) is 39.2 Å². The molecule has 0 spiro atoms. The van der Waals surface area contributed by atoms with E-state index in [9.17, 15) is 9.59 Å². The monoisotopic (exact) mass is 289 g/mol. The van der Waals surface area contributed by atoms with Crippen molar-refractivity contribution in [3.63, 3.8) is 0 Å². The zero-order valence-corrected chi connectivity index (χ0v) is 13.1. The highest BCUT2D eigenvalue weighted by atomic mass is 16.2. The van der Waals surface area contributed by atoms with Crippen LogP contribution < -0.4 is 10.7 Å². The highest BCUT2D eigenvalue weighted by Crippen LogP contribution is 2.08. The highest BCUT2D eigenvalue weighted by molar-refractivity contribution is 6.39. The number of nitrogens with zero attached hydrogens (tertiary/aromatic N) is 1. The van der Waals surface area contributed by atoms with E-state index >= 15 is 0 Å². The Hall–Kier alpha value is -2.17. The van der Waals surface area contributed by atoms with Crippen LogP contribution in [0.4, 0.5) is 5.69 Å². The Morgan fingerprint density at radius 2 is 1.76 bits per heavy atom. The van der Waals surface area contributed by atoms with Crippen molar-refractivity contribution in [3.8, 4) is 0 Å². The highest BCUT2D eigenvalue weighted by Gasteiger charge is 2.12. The van der Waals surface area contributed by atoms with E-state index in [1.807, 2.05) is 26.0 Å². The number of nitrogens with one attached hydrogen (secondary N) is 2. The maximum absolute atomic E-state index is 11.7. The van der Waals surface area contributed by atoms with E-state index in [2.05, 4.69) is 29.7 Å². The molecule has 0 unspecified atom stereocenters. The number of hydrogen-bond donors (Lipinski definition) is 2. The third-order valence-corrected chi connectivity index (χ3v) is 2.95. The molecule has 1 aromatic carbocycles. The number of hydrazone groups is 1. The Balaban J connectivity index is 2.46. The molecule has 0 fully saturated rings. The molecule has 0 bridgehead atoms. The summed E-state index contributed by atoms with van der Waals surface area (Å²) in [4.78, 5) is 23.3. The van der Waals surface area contributed by atoms with Gasteiger partial charge in [-0.1, -0.05) is 31.5 Å². The van der Waals surface area contributed by atoms with Gasteiger partial charge in [0.25, 0.3) is 0 Å². The van der Waals surface area contributed by atoms with Gasteiger partial charge in [-0.05, 0) is 44.7 Å². The van der Waals surface area contributed by atoms with E-state index in [-0.39, 0.29) is 0 Å². The van der Waals surface area contributed by atoms with Gasteiger partial charge < -0.3 is 5.32 Å². The number of benzene rings is 1. The Morgan fingerprint density at radius 3 is 2.33 bits per heavy atom. The molecular weight excluding hydrogens is 266 g/mol. The van der Waals surface area contributed by atoms with E-state index in [0.717, 1.165) is 24.1 Å². The van der Waals surface area contributed by atoms with Crippen molar-refractivity contribution in [1.29, 1.82) is 0 Å². The summed E-state index contributed by atoms with van der Waals surface area (Å²) in [5, 5.41) is 6.45. The Morgan fingerprint density at radius 1 is 1.14 bits per heavy atom. The second kappa shape index (κ2) is 8.19. The van der Waals surface area contributed by atoms with Gasteiger partial charge in [-0.3, -0.25) is 9.59 Å². The van der Waals surface area contributed by atoms with Gasteiger partial charge in [-0.15, -0.1) is 0 Å². The summed E-state index contributed by atoms with van der Waals surface area (Å²) < 4.78 is 0. The zero-order chi connectivity index (χ0) is 15.8. The molecule has 1 aromatic rings. The van der Waals surface area contributed by atoms with Crippen LogP contribution in [0.2, 0.25) is 0 Å². The quantitative estimate of drug-likeness (QED) is 0.497. The van der Waals surface area contributed by atoms with Gasteiger partial charge in [0, 0.05) is 11.4 Å². The van der Waals surface area contributed by atoms with Gasteiger partial charge in [0.1, 0.15) is 0 Å². The van der Waals surface area contributed by atoms with Crippen LogP contribution in [0.3, 0.4) is 0 Å². The third kappa shape index (κ3) is 6.70. The molecule has 0 saturated carbocycles. The fourth-order valence-corrected chi connectivity index (χ4v) is 1.58. The minimum absolute atomic E-state index is 0.579. The third-order valence-electron chi connectivity index (χ3n) is 2.95. The van der Waals surface area contributed by atoms with Crippen LogP contribution in [-0.2, 0) is 9.59 Å². The normalized spacial score (nSPS) is 11.4. The number of aryl methyl sites for hydroxylation is 1. The standard InChI is InChI=1S/C16H23N3O2/c1-11(2)5-8-13(4)18-19-16(21)15(20)17-14-9-6-12(3)7-10-14/h6-7,9-11H,5,8H2,1-4H3,(H,17,20)(H,19,21)/b18-13-. The molecule has 5 heteroatoms. The molecular formula is C16H23N3O2. The molecule has 0 aliphatic carbocycles. The molecule has 0 aliphatic rings. The first-order valence-corrected chi connectivity index (χ1v) is 7.09. The Labute approximate surface area is 125 Å². The van der Waals surface area contributed by atoms with Crippen molar-refractivity contribution in [2.45, 2.75) is 40.5 Å². The molecule has 0 aliphatic heterocycles. The zero-order valence-electron chi connectivity index (χ0n) is 13.1. The van der Waals surface area contributed by atoms with E-state index in [1.54, 1.807) is 12.1 Å². The molecule has 1 rings (SSSR count). The van der Waals surface area contributed by atoms with Crippen LogP contribution in [-0.4, -0.2) is 17.5 Å². The van der Waals surface area contributed by atoms with Crippen molar-refractivity contribution < 1.29 is 9.59 Å². The van der Waals surface area contributed by atoms with Gasteiger partial charge in [-0.2, -0.15) is 5.10 Å². The summed E-state index contributed by atoms with van der Waals surface area (Å²) in [6.07, 6.45) is 1.80. The lowest BCUT2D eigenvalue weighted by atomic mass is 10.1. The van der Waals surface area contributed by atoms with Gasteiger partial charge in [0.15, 0.2) is 0 Å². The second-order valence-electron chi connectivity index (χ2n) is 5.54. The lowest BCUT2D eigenvalue weighted by Gasteiger charge is -2.06. The van der Waals surface area contributed by atoms with Gasteiger partial charge >= 0.3 is 11.8 Å². The van der Waals surface area contributed by atoms with Crippen molar-refractivity contribution >= 4 is 23.2 Å². The van der Waals surface area contributed by atoms with Crippen molar-refractivity contribution in [2.75, 3.05) is 5.32 Å². The SMILES string of the molecule is C/C(CCC(C)C)=N/NC(=O)C(=O)Nc1ccc(C)cc1. The topological polar surface area (TPSA) is 70.6 Å². The summed E-state index contributed by atoms with van der Waals surface area (Å²) in [6.45, 7) is 8.04. The van der Waals surface area contributed by atoms with Gasteiger partial charge in [-0.25, -0.2) is 5.43 Å². The molecule has 0 heterocycles. The van der Waals surface area contributed by atoms with Crippen LogP contribution in [0, 0.1) is 12.8 Å². The van der Waals surface area contributed by atoms with Crippen molar-refractivity contribution in [3.05, 3.63) is 29.8 Å². The number of carbonyl (C=O) groups excluding carboxylic acids is 2. The number of carbonyl (C=O) groups is 2. The summed E-state index contributed by atoms with van der Waals surface area (Å²) in [6, 6.07) is 7.22. The first-order valence-electron chi connectivity index (χ1n) is 7.09. The van der Waals surface area contributed by atoms with Crippen LogP contribution in [0.15, 0.2) is 29.4 Å². The second-order valence-corrected chi connectivity index (χ2v) is 5.54. The molecule has 2 amide bonds. The first-order chi connectivity index (χ1) is 9.88. The summed E-state index contributed by atoms with van der Waals surface area (Å²) >= 11 is 0. The fourth-order valence-electron chi connectivity index (χ4n) is 1.58. The molecule has 0 atom stereocenters. The number of anilines is 1. The molecule has 0 radical (unpaired) electrons. The van der Waals surface area contributed by atoms with Crippen LogP contribution >= 0.6 is 0 Å². The van der Waals surface area contributed by atoms with Gasteiger partial charge in [0.2, 0.25) is 0 Å². The van der Waals surface area contributed by atoms with E-state index in [1.165, 1.54) is 0 Å². The molecule has 5 nitrogen and oxygen atoms in total. The number of hydrogen-bond acceptors (Lipinski definition) is 3. The van der Waals surface area contributed by atoms with Crippen LogP contribution in [0.5, 0.6) is 0 Å². The molecule has 114 valence electrons. The van der Waals surface area contributed by atoms with Crippen molar-refractivity contribution in [2.24, 2.45) is 11.0 Å². The van der Waals surface area contributed by atoms with Crippen molar-refractivity contribution in [1.82, 2.24) is 5.43 Å². The fraction of sp³-hybridized carbons (Fsp3) is 0.438. The molecule has 21 heavy (non-hydrogen) atoms. The predicted octanol–water partition coefficient (Wildman–Crippen LogP) is 2.86. The lowest BCUT2D eigenvalue weighted by molar-refractivity contribution is -0.136. The Kier molecular flexibility index (Phi) is 6.59. The Bertz CT molecular complexity index is 519. The van der Waals surface area contributed by atoms with Gasteiger partial charge in [0.05, 0.1) is 0 Å². The largest absolute Gasteiger partial charge is 0.329 e. The average molecular weight is 289 g/mol. The molecule has 2 N–H and O–H groups in total. The maximum atomic E-state index is 11.7. The number of amides is 2.